The van der Waals surface area contributed by atoms with Crippen molar-refractivity contribution in [3.8, 4) is 11.4 Å². The highest BCUT2D eigenvalue weighted by Crippen LogP contribution is 2.29. The maximum Gasteiger partial charge on any atom is 0.221 e. The third kappa shape index (κ3) is 3.20. The topological polar surface area (TPSA) is 70.1 Å². The molecule has 0 unspecified atom stereocenters. The molecule has 4 rings (SSSR count). The molecule has 5 heteroatoms. The zero-order valence-corrected chi connectivity index (χ0v) is 14.5. The standard InChI is InChI=1S/C21H21N3O2/c22-21(25)13-15-7-4-5-12-20(15)26-14-18-17-10-6-11-19(17)24(23-18)16-8-2-1-3-9-16/h1-5,7-9,12H,6,10-11,13-14H2,(H2,22,25). The van der Waals surface area contributed by atoms with Crippen molar-refractivity contribution in [3.05, 3.63) is 77.1 Å². The molecule has 1 aliphatic rings. The second-order valence-electron chi connectivity index (χ2n) is 6.51. The number of rotatable bonds is 6. The number of benzene rings is 2. The van der Waals surface area contributed by atoms with Crippen LogP contribution in [0.3, 0.4) is 0 Å². The van der Waals surface area contributed by atoms with Crippen LogP contribution in [0.1, 0.15) is 28.9 Å². The predicted molar refractivity (Wildman–Crippen MR) is 99.3 cm³/mol. The fraction of sp³-hybridized carbons (Fsp3) is 0.238. The van der Waals surface area contributed by atoms with Crippen molar-refractivity contribution in [1.82, 2.24) is 9.78 Å². The van der Waals surface area contributed by atoms with E-state index in [-0.39, 0.29) is 12.3 Å². The molecule has 0 aliphatic heterocycles. The number of hydrogen-bond donors (Lipinski definition) is 1. The second-order valence-corrected chi connectivity index (χ2v) is 6.51. The van der Waals surface area contributed by atoms with Gasteiger partial charge in [-0.2, -0.15) is 5.10 Å². The molecule has 0 radical (unpaired) electrons. The highest BCUT2D eigenvalue weighted by Gasteiger charge is 2.23. The van der Waals surface area contributed by atoms with Gasteiger partial charge in [-0.25, -0.2) is 4.68 Å². The molecule has 1 aliphatic carbocycles. The first-order valence-electron chi connectivity index (χ1n) is 8.86. The summed E-state index contributed by atoms with van der Waals surface area (Å²) < 4.78 is 8.05. The minimum absolute atomic E-state index is 0.173. The number of nitrogens with zero attached hydrogens (tertiary/aromatic N) is 2. The van der Waals surface area contributed by atoms with E-state index in [0.29, 0.717) is 12.4 Å². The van der Waals surface area contributed by atoms with Crippen LogP contribution in [-0.2, 0) is 30.7 Å². The Morgan fingerprint density at radius 3 is 2.65 bits per heavy atom. The Bertz CT molecular complexity index is 932. The van der Waals surface area contributed by atoms with E-state index in [9.17, 15) is 4.79 Å². The van der Waals surface area contributed by atoms with Crippen LogP contribution in [0.5, 0.6) is 5.75 Å². The SMILES string of the molecule is NC(=O)Cc1ccccc1OCc1nn(-c2ccccc2)c2c1CCC2. The normalized spacial score (nSPS) is 12.8. The lowest BCUT2D eigenvalue weighted by atomic mass is 10.1. The molecule has 3 aromatic rings. The Labute approximate surface area is 152 Å². The second kappa shape index (κ2) is 7.04. The van der Waals surface area contributed by atoms with Gasteiger partial charge in [0.1, 0.15) is 18.1 Å². The van der Waals surface area contributed by atoms with Gasteiger partial charge in [0.15, 0.2) is 0 Å². The van der Waals surface area contributed by atoms with Crippen LogP contribution in [0.4, 0.5) is 0 Å². The van der Waals surface area contributed by atoms with Gasteiger partial charge in [-0.3, -0.25) is 4.79 Å². The van der Waals surface area contributed by atoms with Crippen LogP contribution in [0.15, 0.2) is 54.6 Å². The quantitative estimate of drug-likeness (QED) is 0.745. The van der Waals surface area contributed by atoms with Gasteiger partial charge in [0.2, 0.25) is 5.91 Å². The van der Waals surface area contributed by atoms with Crippen molar-refractivity contribution in [1.29, 1.82) is 0 Å². The third-order valence-electron chi connectivity index (χ3n) is 4.72. The third-order valence-corrected chi connectivity index (χ3v) is 4.72. The number of fused-ring (bicyclic) bond motifs is 1. The van der Waals surface area contributed by atoms with Crippen molar-refractivity contribution in [2.24, 2.45) is 5.73 Å². The van der Waals surface area contributed by atoms with E-state index >= 15 is 0 Å². The average molecular weight is 347 g/mol. The molecule has 132 valence electrons. The predicted octanol–water partition coefficient (Wildman–Crippen LogP) is 2.97. The van der Waals surface area contributed by atoms with Gasteiger partial charge in [-0.1, -0.05) is 36.4 Å². The van der Waals surface area contributed by atoms with Crippen molar-refractivity contribution in [2.45, 2.75) is 32.3 Å². The molecule has 0 bridgehead atoms. The largest absolute Gasteiger partial charge is 0.487 e. The number of hydrogen-bond acceptors (Lipinski definition) is 3. The Morgan fingerprint density at radius 1 is 1.08 bits per heavy atom. The highest BCUT2D eigenvalue weighted by atomic mass is 16.5. The lowest BCUT2D eigenvalue weighted by Gasteiger charge is -2.10. The highest BCUT2D eigenvalue weighted by molar-refractivity contribution is 5.77. The lowest BCUT2D eigenvalue weighted by molar-refractivity contribution is -0.117. The van der Waals surface area contributed by atoms with E-state index in [1.54, 1.807) is 0 Å². The Balaban J connectivity index is 1.60. The van der Waals surface area contributed by atoms with E-state index in [1.165, 1.54) is 11.3 Å². The molecule has 0 saturated heterocycles. The minimum Gasteiger partial charge on any atom is -0.487 e. The molecule has 2 N–H and O–H groups in total. The van der Waals surface area contributed by atoms with Gasteiger partial charge in [-0.05, 0) is 37.5 Å². The molecule has 0 fully saturated rings. The molecule has 1 aromatic heterocycles. The molecule has 0 saturated carbocycles. The first-order chi connectivity index (χ1) is 12.7. The van der Waals surface area contributed by atoms with Gasteiger partial charge in [0.05, 0.1) is 12.1 Å². The number of amides is 1. The van der Waals surface area contributed by atoms with Gasteiger partial charge < -0.3 is 10.5 Å². The van der Waals surface area contributed by atoms with Crippen LogP contribution >= 0.6 is 0 Å². The lowest BCUT2D eigenvalue weighted by Crippen LogP contribution is -2.14. The Morgan fingerprint density at radius 2 is 1.85 bits per heavy atom. The summed E-state index contributed by atoms with van der Waals surface area (Å²) in [4.78, 5) is 11.3. The summed E-state index contributed by atoms with van der Waals surface area (Å²) in [6.07, 6.45) is 3.39. The zero-order valence-electron chi connectivity index (χ0n) is 14.5. The van der Waals surface area contributed by atoms with Crippen LogP contribution in [-0.4, -0.2) is 15.7 Å². The first-order valence-corrected chi connectivity index (χ1v) is 8.86. The van der Waals surface area contributed by atoms with Gasteiger partial charge in [-0.15, -0.1) is 0 Å². The number of carbonyl (C=O) groups excluding carboxylic acids is 1. The molecular formula is C21H21N3O2. The van der Waals surface area contributed by atoms with E-state index in [1.807, 2.05) is 47.1 Å². The summed E-state index contributed by atoms with van der Waals surface area (Å²) in [5.74, 6) is 0.322. The van der Waals surface area contributed by atoms with Crippen molar-refractivity contribution in [2.75, 3.05) is 0 Å². The zero-order chi connectivity index (χ0) is 17.9. The molecule has 1 heterocycles. The fourth-order valence-corrected chi connectivity index (χ4v) is 3.54. The number of para-hydroxylation sites is 2. The van der Waals surface area contributed by atoms with E-state index in [2.05, 4.69) is 12.1 Å². The van der Waals surface area contributed by atoms with E-state index in [4.69, 9.17) is 15.6 Å². The van der Waals surface area contributed by atoms with Crippen LogP contribution < -0.4 is 10.5 Å². The minimum atomic E-state index is -0.365. The van der Waals surface area contributed by atoms with Crippen molar-refractivity contribution >= 4 is 5.91 Å². The number of carbonyl (C=O) groups is 1. The maximum atomic E-state index is 11.3. The molecule has 1 amide bonds. The van der Waals surface area contributed by atoms with Crippen LogP contribution in [0.2, 0.25) is 0 Å². The molecule has 0 atom stereocenters. The maximum absolute atomic E-state index is 11.3. The summed E-state index contributed by atoms with van der Waals surface area (Å²) in [7, 11) is 0. The van der Waals surface area contributed by atoms with E-state index in [0.717, 1.165) is 36.2 Å². The molecule has 5 nitrogen and oxygen atoms in total. The number of nitrogens with two attached hydrogens (primary N) is 1. The smallest absolute Gasteiger partial charge is 0.221 e. The van der Waals surface area contributed by atoms with Gasteiger partial charge >= 0.3 is 0 Å². The summed E-state index contributed by atoms with van der Waals surface area (Å²) >= 11 is 0. The van der Waals surface area contributed by atoms with Crippen molar-refractivity contribution in [3.63, 3.8) is 0 Å². The van der Waals surface area contributed by atoms with Gasteiger partial charge in [0.25, 0.3) is 0 Å². The molecule has 0 spiro atoms. The number of aromatic nitrogens is 2. The molecular weight excluding hydrogens is 326 g/mol. The van der Waals surface area contributed by atoms with Crippen LogP contribution in [0.25, 0.3) is 5.69 Å². The van der Waals surface area contributed by atoms with Crippen molar-refractivity contribution < 1.29 is 9.53 Å². The Hall–Kier alpha value is -3.08. The summed E-state index contributed by atoms with van der Waals surface area (Å²) in [5, 5.41) is 4.81. The number of primary amides is 1. The van der Waals surface area contributed by atoms with Gasteiger partial charge in [0, 0.05) is 16.8 Å². The number of ether oxygens (including phenoxy) is 1. The molecule has 26 heavy (non-hydrogen) atoms. The average Bonchev–Trinajstić information content (AvgIpc) is 3.24. The summed E-state index contributed by atoms with van der Waals surface area (Å²) in [6, 6.07) is 17.7. The molecule has 2 aromatic carbocycles. The first kappa shape index (κ1) is 16.4. The van der Waals surface area contributed by atoms with E-state index < -0.39 is 0 Å². The summed E-state index contributed by atoms with van der Waals surface area (Å²) in [6.45, 7) is 0.387. The summed E-state index contributed by atoms with van der Waals surface area (Å²) in [5.41, 5.74) is 10.8. The Kier molecular flexibility index (Phi) is 4.44. The fourth-order valence-electron chi connectivity index (χ4n) is 3.54. The monoisotopic (exact) mass is 347 g/mol. The van der Waals surface area contributed by atoms with Crippen LogP contribution in [0, 0.1) is 0 Å².